The fraction of sp³-hybridized carbons (Fsp3) is 0.429. The summed E-state index contributed by atoms with van der Waals surface area (Å²) < 4.78 is 47.5. The van der Waals surface area contributed by atoms with Crippen LogP contribution in [0.3, 0.4) is 0 Å². The molecular formula is C35H42F4N4O3. The van der Waals surface area contributed by atoms with Crippen LogP contribution in [-0.4, -0.2) is 73.2 Å². The van der Waals surface area contributed by atoms with E-state index >= 15 is 0 Å². The molecule has 11 heteroatoms. The van der Waals surface area contributed by atoms with E-state index in [4.69, 9.17) is 9.90 Å². The van der Waals surface area contributed by atoms with Crippen LogP contribution in [-0.2, 0) is 24.4 Å². The smallest absolute Gasteiger partial charge is 0.430 e. The molecule has 0 saturated carbocycles. The molecule has 0 aromatic heterocycles. The number of carboxylic acid groups (broad SMARTS) is 1. The van der Waals surface area contributed by atoms with Crippen LogP contribution in [0.15, 0.2) is 66.7 Å². The minimum Gasteiger partial charge on any atom is -0.542 e. The number of hydrogen-bond donors (Lipinski definition) is 2. The summed E-state index contributed by atoms with van der Waals surface area (Å²) in [5.74, 6) is -3.36. The van der Waals surface area contributed by atoms with Crippen LogP contribution in [0.25, 0.3) is 11.1 Å². The molecule has 2 aliphatic heterocycles. The summed E-state index contributed by atoms with van der Waals surface area (Å²) in [5, 5.41) is 15.3. The molecule has 5 rings (SSSR count). The van der Waals surface area contributed by atoms with E-state index < -0.39 is 12.1 Å². The first-order valence-corrected chi connectivity index (χ1v) is 15.6. The van der Waals surface area contributed by atoms with Gasteiger partial charge in [0.15, 0.2) is 0 Å². The third-order valence-corrected chi connectivity index (χ3v) is 8.46. The molecule has 2 N–H and O–H groups in total. The minimum atomic E-state index is -5.19. The van der Waals surface area contributed by atoms with Crippen molar-refractivity contribution in [3.8, 4) is 11.1 Å². The second-order valence-electron chi connectivity index (χ2n) is 12.6. The quantitative estimate of drug-likeness (QED) is 0.276. The molecule has 0 unspecified atom stereocenters. The zero-order chi connectivity index (χ0) is 33.3. The molecule has 2 fully saturated rings. The van der Waals surface area contributed by atoms with Crippen molar-refractivity contribution in [2.75, 3.05) is 39.8 Å². The van der Waals surface area contributed by atoms with Crippen molar-refractivity contribution in [1.29, 1.82) is 0 Å². The fourth-order valence-corrected chi connectivity index (χ4v) is 6.12. The van der Waals surface area contributed by atoms with Crippen LogP contribution in [0.1, 0.15) is 53.2 Å². The van der Waals surface area contributed by atoms with Crippen LogP contribution in [0.5, 0.6) is 0 Å². The number of benzene rings is 3. The summed E-state index contributed by atoms with van der Waals surface area (Å²) >= 11 is 0. The number of hydrogen-bond acceptors (Lipinski definition) is 5. The third-order valence-electron chi connectivity index (χ3n) is 8.46. The van der Waals surface area contributed by atoms with Gasteiger partial charge in [-0.15, -0.1) is 0 Å². The predicted molar refractivity (Wildman–Crippen MR) is 167 cm³/mol. The molecule has 2 aliphatic rings. The maximum absolute atomic E-state index is 14.9. The molecule has 248 valence electrons. The molecule has 0 radical (unpaired) electrons. The van der Waals surface area contributed by atoms with E-state index in [2.05, 4.69) is 47.7 Å². The molecule has 7 nitrogen and oxygen atoms in total. The molecule has 2 heterocycles. The topological polar surface area (TPSA) is 84.5 Å². The Kier molecular flexibility index (Phi) is 11.9. The predicted octanol–water partition coefficient (Wildman–Crippen LogP) is 4.65. The number of likely N-dealkylation sites (tertiary alicyclic amines) is 1. The van der Waals surface area contributed by atoms with E-state index in [0.29, 0.717) is 23.7 Å². The second kappa shape index (κ2) is 15.7. The molecule has 1 amide bonds. The summed E-state index contributed by atoms with van der Waals surface area (Å²) in [6.07, 6.45) is -1.32. The summed E-state index contributed by atoms with van der Waals surface area (Å²) in [6, 6.07) is 21.8. The zero-order valence-corrected chi connectivity index (χ0v) is 26.3. The van der Waals surface area contributed by atoms with Gasteiger partial charge in [-0.2, -0.15) is 13.2 Å². The highest BCUT2D eigenvalue weighted by Crippen LogP contribution is 2.26. The lowest BCUT2D eigenvalue weighted by Gasteiger charge is -2.37. The van der Waals surface area contributed by atoms with E-state index in [-0.39, 0.29) is 11.7 Å². The lowest BCUT2D eigenvalue weighted by Crippen LogP contribution is -2.48. The van der Waals surface area contributed by atoms with Crippen LogP contribution in [0.4, 0.5) is 17.6 Å². The van der Waals surface area contributed by atoms with Crippen LogP contribution in [0.2, 0.25) is 0 Å². The Labute approximate surface area is 267 Å². The van der Waals surface area contributed by atoms with E-state index in [1.807, 2.05) is 36.4 Å². The van der Waals surface area contributed by atoms with Crippen molar-refractivity contribution in [3.05, 3.63) is 94.8 Å². The van der Waals surface area contributed by atoms with Gasteiger partial charge in [0.05, 0.1) is 20.1 Å². The molecule has 2 saturated heterocycles. The molecule has 46 heavy (non-hydrogen) atoms. The van der Waals surface area contributed by atoms with E-state index in [1.165, 1.54) is 49.5 Å². The first-order chi connectivity index (χ1) is 21.8. The van der Waals surface area contributed by atoms with Gasteiger partial charge in [-0.1, -0.05) is 36.4 Å². The van der Waals surface area contributed by atoms with E-state index in [9.17, 15) is 22.4 Å². The number of piperazine rings is 1. The highest BCUT2D eigenvalue weighted by atomic mass is 19.4. The number of nitrogens with zero attached hydrogens (tertiary/aromatic N) is 2. The summed E-state index contributed by atoms with van der Waals surface area (Å²) in [7, 11) is 2.32. The van der Waals surface area contributed by atoms with Crippen LogP contribution < -0.4 is 15.7 Å². The van der Waals surface area contributed by atoms with Crippen molar-refractivity contribution in [1.82, 2.24) is 15.5 Å². The van der Waals surface area contributed by atoms with E-state index in [0.717, 1.165) is 48.3 Å². The van der Waals surface area contributed by atoms with Gasteiger partial charge in [0.2, 0.25) is 0 Å². The van der Waals surface area contributed by atoms with Gasteiger partial charge in [0.1, 0.15) is 18.3 Å². The number of alkyl halides is 3. The van der Waals surface area contributed by atoms with Gasteiger partial charge in [-0.05, 0) is 73.2 Å². The lowest BCUT2D eigenvalue weighted by molar-refractivity contribution is -0.926. The normalized spacial score (nSPS) is 18.3. The molecule has 0 spiro atoms. The second-order valence-corrected chi connectivity index (χ2v) is 12.6. The third kappa shape index (κ3) is 10.4. The van der Waals surface area contributed by atoms with Gasteiger partial charge in [0.25, 0.3) is 5.91 Å². The van der Waals surface area contributed by atoms with E-state index in [1.54, 1.807) is 6.07 Å². The number of carbonyl (C=O) groups is 2. The number of quaternary nitrogens is 1. The zero-order valence-electron chi connectivity index (χ0n) is 26.3. The number of carbonyl (C=O) groups excluding carboxylic acids is 2. The first kappa shape index (κ1) is 35.1. The standard InChI is InChI=1S/C33H41FN4O.C2HF3O2/c1-25-22-37(15-14-35-25)23-27-8-6-10-29(18-27)31-20-26(12-13-32(31)34)21-36-33(39)30-11-7-9-28(19-30)24-38(2)16-4-3-5-17-38;3-2(4,5)1(6)7/h6-13,18-20,25,35H,3-5,14-17,21-24H2,1-2H3;(H,6,7)/t25-;/m0./s1. The maximum Gasteiger partial charge on any atom is 0.430 e. The van der Waals surface area contributed by atoms with Crippen LogP contribution >= 0.6 is 0 Å². The molecule has 3 aromatic carbocycles. The number of aliphatic carboxylic acids is 1. The van der Waals surface area contributed by atoms with Gasteiger partial charge < -0.3 is 25.0 Å². The Bertz CT molecular complexity index is 1490. The van der Waals surface area contributed by atoms with Crippen molar-refractivity contribution < 1.29 is 36.7 Å². The molecule has 0 bridgehead atoms. The monoisotopic (exact) mass is 642 g/mol. The number of amides is 1. The van der Waals surface area contributed by atoms with Gasteiger partial charge >= 0.3 is 6.18 Å². The van der Waals surface area contributed by atoms with Crippen LogP contribution in [0, 0.1) is 5.82 Å². The summed E-state index contributed by atoms with van der Waals surface area (Å²) in [6.45, 7) is 9.77. The van der Waals surface area contributed by atoms with Gasteiger partial charge in [-0.3, -0.25) is 9.69 Å². The summed E-state index contributed by atoms with van der Waals surface area (Å²) in [5.41, 5.74) is 5.37. The Balaban J connectivity index is 0.000000617. The minimum absolute atomic E-state index is 0.101. The number of carboxylic acids is 1. The first-order valence-electron chi connectivity index (χ1n) is 15.6. The average molecular weight is 643 g/mol. The highest BCUT2D eigenvalue weighted by molar-refractivity contribution is 5.94. The number of rotatable bonds is 8. The van der Waals surface area contributed by atoms with Crippen molar-refractivity contribution >= 4 is 11.9 Å². The summed E-state index contributed by atoms with van der Waals surface area (Å²) in [4.78, 5) is 24.2. The molecule has 1 atom stereocenters. The number of halogens is 4. The Morgan fingerprint density at radius 2 is 1.67 bits per heavy atom. The fourth-order valence-electron chi connectivity index (χ4n) is 6.12. The van der Waals surface area contributed by atoms with Gasteiger partial charge in [0, 0.05) is 55.5 Å². The SMILES string of the molecule is C[C@H]1CN(Cc2cccc(-c3cc(CNC(=O)c4cccc(C[N+]5(C)CCCCC5)c4)ccc3F)c2)CCN1.O=C([O-])C(F)(F)F. The van der Waals surface area contributed by atoms with Crippen molar-refractivity contribution in [3.63, 3.8) is 0 Å². The maximum atomic E-state index is 14.9. The van der Waals surface area contributed by atoms with Crippen molar-refractivity contribution in [2.45, 2.75) is 58.0 Å². The Morgan fingerprint density at radius 3 is 2.37 bits per heavy atom. The molecular weight excluding hydrogens is 600 g/mol. The van der Waals surface area contributed by atoms with Crippen molar-refractivity contribution in [2.24, 2.45) is 0 Å². The van der Waals surface area contributed by atoms with Gasteiger partial charge in [-0.25, -0.2) is 4.39 Å². The largest absolute Gasteiger partial charge is 0.542 e. The number of piperidine rings is 1. The lowest BCUT2D eigenvalue weighted by atomic mass is 10.00. The Hall–Kier alpha value is -3.80. The molecule has 0 aliphatic carbocycles. The highest BCUT2D eigenvalue weighted by Gasteiger charge is 2.29. The molecule has 3 aromatic rings. The number of nitrogens with one attached hydrogen (secondary N) is 2. The average Bonchev–Trinajstić information content (AvgIpc) is 3.01. The Morgan fingerprint density at radius 1 is 0.978 bits per heavy atom.